The first-order valence-corrected chi connectivity index (χ1v) is 11.9. The highest BCUT2D eigenvalue weighted by atomic mass is 79.9. The third-order valence-electron chi connectivity index (χ3n) is 5.22. The molecule has 28 heavy (non-hydrogen) atoms. The number of nitrogens with one attached hydrogen (secondary N) is 1. The van der Waals surface area contributed by atoms with Gasteiger partial charge in [0.2, 0.25) is 15.9 Å². The molecule has 1 aromatic rings. The van der Waals surface area contributed by atoms with Crippen LogP contribution in [0.5, 0.6) is 0 Å². The van der Waals surface area contributed by atoms with Crippen molar-refractivity contribution in [3.63, 3.8) is 0 Å². The molecule has 1 N–H and O–H groups in total. The molecule has 7 nitrogen and oxygen atoms in total. The number of likely N-dealkylation sites (tertiary alicyclic amines) is 1. The number of rotatable bonds is 6. The van der Waals surface area contributed by atoms with Gasteiger partial charge in [0, 0.05) is 23.5 Å². The van der Waals surface area contributed by atoms with Crippen LogP contribution in [0.4, 0.5) is 0 Å². The molecule has 156 valence electrons. The summed E-state index contributed by atoms with van der Waals surface area (Å²) in [5, 5.41) is 0. The standard InChI is InChI=1S/C19H27BrN2O5S/c1-13(2)17(21-28(24,25)16-5-3-15(20)4-6-16)18(23)22-9-7-14(8-10-22)19-26-11-12-27-19/h3-6,13-14,17,19,21H,7-12H2,1-2H3/t17-/m0/s1. The molecule has 2 heterocycles. The SMILES string of the molecule is CC(C)[C@H](NS(=O)(=O)c1ccc(Br)cc1)C(=O)N1CCC(C2OCCO2)CC1. The first-order chi connectivity index (χ1) is 13.3. The summed E-state index contributed by atoms with van der Waals surface area (Å²) in [6, 6.07) is 5.56. The molecule has 1 atom stereocenters. The molecule has 1 aromatic carbocycles. The summed E-state index contributed by atoms with van der Waals surface area (Å²) in [4.78, 5) is 15.0. The largest absolute Gasteiger partial charge is 0.350 e. The van der Waals surface area contributed by atoms with Crippen molar-refractivity contribution in [3.05, 3.63) is 28.7 Å². The van der Waals surface area contributed by atoms with Crippen molar-refractivity contribution in [2.75, 3.05) is 26.3 Å². The van der Waals surface area contributed by atoms with Crippen LogP contribution in [0.15, 0.2) is 33.6 Å². The smallest absolute Gasteiger partial charge is 0.241 e. The summed E-state index contributed by atoms with van der Waals surface area (Å²) in [6.45, 7) is 6.10. The molecule has 9 heteroatoms. The molecule has 2 fully saturated rings. The van der Waals surface area contributed by atoms with Gasteiger partial charge in [-0.1, -0.05) is 29.8 Å². The van der Waals surface area contributed by atoms with Crippen LogP contribution in [0.3, 0.4) is 0 Å². The van der Waals surface area contributed by atoms with Crippen molar-refractivity contribution in [2.45, 2.75) is 43.9 Å². The second-order valence-electron chi connectivity index (χ2n) is 7.57. The Labute approximate surface area is 174 Å². The molecule has 2 saturated heterocycles. The number of amides is 1. The van der Waals surface area contributed by atoms with Gasteiger partial charge in [0.1, 0.15) is 6.04 Å². The Morgan fingerprint density at radius 1 is 1.14 bits per heavy atom. The summed E-state index contributed by atoms with van der Waals surface area (Å²) in [5.74, 6) is -0.0668. The fraction of sp³-hybridized carbons (Fsp3) is 0.632. The second kappa shape index (κ2) is 9.21. The molecule has 0 unspecified atom stereocenters. The van der Waals surface area contributed by atoms with E-state index < -0.39 is 16.1 Å². The van der Waals surface area contributed by atoms with E-state index >= 15 is 0 Å². The fourth-order valence-corrected chi connectivity index (χ4v) is 5.16. The average Bonchev–Trinajstić information content (AvgIpc) is 3.21. The van der Waals surface area contributed by atoms with Gasteiger partial charge in [-0.05, 0) is 43.0 Å². The molecular formula is C19H27BrN2O5S. The maximum Gasteiger partial charge on any atom is 0.241 e. The first-order valence-electron chi connectivity index (χ1n) is 9.58. The van der Waals surface area contributed by atoms with E-state index in [2.05, 4.69) is 20.7 Å². The molecular weight excluding hydrogens is 448 g/mol. The van der Waals surface area contributed by atoms with Crippen LogP contribution in [0.2, 0.25) is 0 Å². The Balaban J connectivity index is 1.65. The first kappa shape index (κ1) is 21.7. The number of carbonyl (C=O) groups excluding carboxylic acids is 1. The lowest BCUT2D eigenvalue weighted by Crippen LogP contribution is -2.53. The predicted molar refractivity (Wildman–Crippen MR) is 108 cm³/mol. The summed E-state index contributed by atoms with van der Waals surface area (Å²) in [7, 11) is -3.79. The molecule has 2 aliphatic heterocycles. The van der Waals surface area contributed by atoms with Gasteiger partial charge in [-0.25, -0.2) is 8.42 Å². The van der Waals surface area contributed by atoms with Crippen molar-refractivity contribution < 1.29 is 22.7 Å². The van der Waals surface area contributed by atoms with Crippen LogP contribution in [0, 0.1) is 11.8 Å². The minimum atomic E-state index is -3.79. The number of ether oxygens (including phenoxy) is 2. The van der Waals surface area contributed by atoms with Crippen molar-refractivity contribution in [1.29, 1.82) is 0 Å². The van der Waals surface area contributed by atoms with E-state index in [1.165, 1.54) is 12.1 Å². The highest BCUT2D eigenvalue weighted by molar-refractivity contribution is 9.10. The van der Waals surface area contributed by atoms with E-state index in [0.29, 0.717) is 26.3 Å². The van der Waals surface area contributed by atoms with Gasteiger partial charge in [-0.15, -0.1) is 0 Å². The summed E-state index contributed by atoms with van der Waals surface area (Å²) < 4.78 is 40.0. The monoisotopic (exact) mass is 474 g/mol. The minimum Gasteiger partial charge on any atom is -0.350 e. The molecule has 0 saturated carbocycles. The molecule has 0 aromatic heterocycles. The van der Waals surface area contributed by atoms with Crippen LogP contribution in [0.25, 0.3) is 0 Å². The van der Waals surface area contributed by atoms with Crippen LogP contribution >= 0.6 is 15.9 Å². The molecule has 0 bridgehead atoms. The van der Waals surface area contributed by atoms with Crippen LogP contribution < -0.4 is 4.72 Å². The lowest BCUT2D eigenvalue weighted by molar-refractivity contribution is -0.139. The quantitative estimate of drug-likeness (QED) is 0.683. The maximum absolute atomic E-state index is 13.1. The number of hydrogen-bond donors (Lipinski definition) is 1. The van der Waals surface area contributed by atoms with Gasteiger partial charge in [0.05, 0.1) is 18.1 Å². The Morgan fingerprint density at radius 3 is 2.25 bits per heavy atom. The van der Waals surface area contributed by atoms with Gasteiger partial charge < -0.3 is 14.4 Å². The van der Waals surface area contributed by atoms with E-state index in [0.717, 1.165) is 17.3 Å². The Kier molecular flexibility index (Phi) is 7.14. The molecule has 0 aliphatic carbocycles. The number of benzene rings is 1. The topological polar surface area (TPSA) is 84.9 Å². The minimum absolute atomic E-state index is 0.142. The van der Waals surface area contributed by atoms with Gasteiger partial charge in [-0.2, -0.15) is 4.72 Å². The fourth-order valence-electron chi connectivity index (χ4n) is 3.56. The van der Waals surface area contributed by atoms with E-state index in [-0.39, 0.29) is 28.9 Å². The van der Waals surface area contributed by atoms with Crippen LogP contribution in [0.1, 0.15) is 26.7 Å². The van der Waals surface area contributed by atoms with E-state index in [1.54, 1.807) is 17.0 Å². The number of piperidine rings is 1. The van der Waals surface area contributed by atoms with Crippen molar-refractivity contribution in [1.82, 2.24) is 9.62 Å². The predicted octanol–water partition coefficient (Wildman–Crippen LogP) is 2.36. The number of hydrogen-bond acceptors (Lipinski definition) is 5. The number of nitrogens with zero attached hydrogens (tertiary/aromatic N) is 1. The highest BCUT2D eigenvalue weighted by Crippen LogP contribution is 2.26. The van der Waals surface area contributed by atoms with Gasteiger partial charge in [0.15, 0.2) is 6.29 Å². The number of sulfonamides is 1. The van der Waals surface area contributed by atoms with E-state index in [1.807, 2.05) is 13.8 Å². The molecule has 1 amide bonds. The van der Waals surface area contributed by atoms with Crippen molar-refractivity contribution in [2.24, 2.45) is 11.8 Å². The van der Waals surface area contributed by atoms with E-state index in [9.17, 15) is 13.2 Å². The second-order valence-corrected chi connectivity index (χ2v) is 10.2. The summed E-state index contributed by atoms with van der Waals surface area (Å²) in [6.07, 6.45) is 1.41. The average molecular weight is 475 g/mol. The molecule has 2 aliphatic rings. The van der Waals surface area contributed by atoms with Gasteiger partial charge in [-0.3, -0.25) is 4.79 Å². The summed E-state index contributed by atoms with van der Waals surface area (Å²) >= 11 is 3.30. The number of halogens is 1. The summed E-state index contributed by atoms with van der Waals surface area (Å²) in [5.41, 5.74) is 0. The number of carbonyl (C=O) groups is 1. The maximum atomic E-state index is 13.1. The lowest BCUT2D eigenvalue weighted by atomic mass is 9.94. The molecule has 0 spiro atoms. The normalized spacial score (nSPS) is 20.6. The Morgan fingerprint density at radius 2 is 1.71 bits per heavy atom. The van der Waals surface area contributed by atoms with Gasteiger partial charge in [0.25, 0.3) is 0 Å². The highest BCUT2D eigenvalue weighted by Gasteiger charge is 2.36. The zero-order chi connectivity index (χ0) is 20.3. The Bertz CT molecular complexity index is 770. The van der Waals surface area contributed by atoms with E-state index in [4.69, 9.17) is 9.47 Å². The third-order valence-corrected chi connectivity index (χ3v) is 7.21. The third kappa shape index (κ3) is 5.13. The zero-order valence-corrected chi connectivity index (χ0v) is 18.5. The lowest BCUT2D eigenvalue weighted by Gasteiger charge is -2.36. The molecule has 0 radical (unpaired) electrons. The molecule has 3 rings (SSSR count). The zero-order valence-electron chi connectivity index (χ0n) is 16.1. The van der Waals surface area contributed by atoms with Gasteiger partial charge >= 0.3 is 0 Å². The Hall–Kier alpha value is -1.00. The van der Waals surface area contributed by atoms with Crippen LogP contribution in [-0.2, 0) is 24.3 Å². The van der Waals surface area contributed by atoms with Crippen molar-refractivity contribution >= 4 is 31.9 Å². The van der Waals surface area contributed by atoms with Crippen molar-refractivity contribution in [3.8, 4) is 0 Å². The van der Waals surface area contributed by atoms with Crippen LogP contribution in [-0.4, -0.2) is 57.9 Å².